The normalized spacial score (nSPS) is 10.9. The molecular formula is C23H26N2O2. The molecule has 2 aromatic carbocycles. The molecule has 1 N–H and O–H groups in total. The second-order valence-electron chi connectivity index (χ2n) is 7.11. The summed E-state index contributed by atoms with van der Waals surface area (Å²) in [7, 11) is 0. The zero-order valence-corrected chi connectivity index (χ0v) is 16.2. The lowest BCUT2D eigenvalue weighted by Crippen LogP contribution is -2.34. The number of nitrogens with zero attached hydrogens (tertiary/aromatic N) is 1. The van der Waals surface area contributed by atoms with Gasteiger partial charge in [-0.05, 0) is 55.5 Å². The van der Waals surface area contributed by atoms with Crippen molar-refractivity contribution in [3.63, 3.8) is 0 Å². The average Bonchev–Trinajstić information content (AvgIpc) is 2.65. The van der Waals surface area contributed by atoms with Crippen molar-refractivity contribution in [3.05, 3.63) is 81.1 Å². The van der Waals surface area contributed by atoms with Gasteiger partial charge in [0.25, 0.3) is 11.5 Å². The molecule has 0 radical (unpaired) electrons. The molecule has 0 spiro atoms. The smallest absolute Gasteiger partial charge is 0.254 e. The number of unbranched alkanes of at least 4 members (excludes halogenated alkanes) is 1. The van der Waals surface area contributed by atoms with E-state index in [1.54, 1.807) is 4.90 Å². The summed E-state index contributed by atoms with van der Waals surface area (Å²) in [5.74, 6) is -0.0229. The van der Waals surface area contributed by atoms with E-state index in [-0.39, 0.29) is 11.5 Å². The number of rotatable bonds is 6. The van der Waals surface area contributed by atoms with Crippen molar-refractivity contribution < 1.29 is 4.79 Å². The number of aromatic nitrogens is 1. The molecule has 0 fully saturated rings. The van der Waals surface area contributed by atoms with Gasteiger partial charge in [-0.1, -0.05) is 43.2 Å². The second-order valence-corrected chi connectivity index (χ2v) is 7.11. The second kappa shape index (κ2) is 8.21. The number of aryl methyl sites for hydroxylation is 2. The third kappa shape index (κ3) is 4.27. The Morgan fingerprint density at radius 2 is 1.85 bits per heavy atom. The quantitative estimate of drug-likeness (QED) is 0.697. The number of pyridine rings is 1. The van der Waals surface area contributed by atoms with E-state index in [1.165, 1.54) is 0 Å². The highest BCUT2D eigenvalue weighted by Crippen LogP contribution is 2.17. The van der Waals surface area contributed by atoms with Gasteiger partial charge in [0.05, 0.1) is 6.54 Å². The third-order valence-corrected chi connectivity index (χ3v) is 4.88. The molecule has 140 valence electrons. The van der Waals surface area contributed by atoms with E-state index in [1.807, 2.05) is 62.4 Å². The molecule has 0 saturated heterocycles. The molecule has 1 heterocycles. The molecule has 0 unspecified atom stereocenters. The van der Waals surface area contributed by atoms with Crippen molar-refractivity contribution in [3.8, 4) is 0 Å². The van der Waals surface area contributed by atoms with Crippen molar-refractivity contribution in [1.29, 1.82) is 0 Å². The Labute approximate surface area is 159 Å². The van der Waals surface area contributed by atoms with Crippen LogP contribution in [0.25, 0.3) is 10.9 Å². The molecule has 0 aliphatic heterocycles. The number of H-pyrrole nitrogens is 1. The van der Waals surface area contributed by atoms with Gasteiger partial charge < -0.3 is 9.88 Å². The minimum atomic E-state index is -0.134. The summed E-state index contributed by atoms with van der Waals surface area (Å²) in [4.78, 5) is 30.4. The first kappa shape index (κ1) is 18.9. The Kier molecular flexibility index (Phi) is 5.75. The lowest BCUT2D eigenvalue weighted by atomic mass is 10.1. The molecule has 0 aliphatic carbocycles. The van der Waals surface area contributed by atoms with Crippen LogP contribution in [0.4, 0.5) is 0 Å². The van der Waals surface area contributed by atoms with Crippen LogP contribution in [0.1, 0.15) is 46.8 Å². The van der Waals surface area contributed by atoms with Crippen LogP contribution in [-0.2, 0) is 6.54 Å². The van der Waals surface area contributed by atoms with Gasteiger partial charge in [-0.3, -0.25) is 9.59 Å². The molecule has 1 aromatic heterocycles. The van der Waals surface area contributed by atoms with Crippen LogP contribution in [-0.4, -0.2) is 22.3 Å². The van der Waals surface area contributed by atoms with Crippen LogP contribution in [0.3, 0.4) is 0 Å². The molecule has 1 amide bonds. The van der Waals surface area contributed by atoms with Crippen LogP contribution < -0.4 is 5.56 Å². The molecule has 0 saturated carbocycles. The number of nitrogens with one attached hydrogen (secondary N) is 1. The maximum Gasteiger partial charge on any atom is 0.254 e. The average molecular weight is 362 g/mol. The van der Waals surface area contributed by atoms with Crippen molar-refractivity contribution >= 4 is 16.8 Å². The first-order valence-electron chi connectivity index (χ1n) is 9.47. The summed E-state index contributed by atoms with van der Waals surface area (Å²) in [5.41, 5.74) is 4.09. The zero-order valence-electron chi connectivity index (χ0n) is 16.2. The van der Waals surface area contributed by atoms with Crippen LogP contribution in [0.2, 0.25) is 0 Å². The van der Waals surface area contributed by atoms with Gasteiger partial charge in [0.1, 0.15) is 0 Å². The SMILES string of the molecule is CCCCN(Cc1cc2cc(C)ccc2[nH]c1=O)C(=O)c1ccccc1C. The van der Waals surface area contributed by atoms with E-state index in [4.69, 9.17) is 0 Å². The van der Waals surface area contributed by atoms with Gasteiger partial charge >= 0.3 is 0 Å². The van der Waals surface area contributed by atoms with E-state index in [0.717, 1.165) is 34.9 Å². The Morgan fingerprint density at radius 3 is 2.59 bits per heavy atom. The Bertz CT molecular complexity index is 1020. The number of hydrogen-bond donors (Lipinski definition) is 1. The topological polar surface area (TPSA) is 53.2 Å². The van der Waals surface area contributed by atoms with E-state index in [0.29, 0.717) is 24.2 Å². The van der Waals surface area contributed by atoms with E-state index < -0.39 is 0 Å². The zero-order chi connectivity index (χ0) is 19.4. The number of fused-ring (bicyclic) bond motifs is 1. The summed E-state index contributed by atoms with van der Waals surface area (Å²) >= 11 is 0. The van der Waals surface area contributed by atoms with Crippen molar-refractivity contribution in [1.82, 2.24) is 9.88 Å². The van der Waals surface area contributed by atoms with E-state index >= 15 is 0 Å². The van der Waals surface area contributed by atoms with E-state index in [2.05, 4.69) is 11.9 Å². The maximum absolute atomic E-state index is 13.1. The fourth-order valence-corrected chi connectivity index (χ4v) is 3.28. The maximum atomic E-state index is 13.1. The van der Waals surface area contributed by atoms with Gasteiger partial charge in [0, 0.05) is 23.2 Å². The van der Waals surface area contributed by atoms with E-state index in [9.17, 15) is 9.59 Å². The molecule has 4 nitrogen and oxygen atoms in total. The first-order chi connectivity index (χ1) is 13.0. The summed E-state index contributed by atoms with van der Waals surface area (Å²) in [6.07, 6.45) is 1.90. The van der Waals surface area contributed by atoms with Gasteiger partial charge in [-0.15, -0.1) is 0 Å². The molecule has 27 heavy (non-hydrogen) atoms. The number of carbonyl (C=O) groups is 1. The number of aromatic amines is 1. The molecule has 0 aliphatic rings. The standard InChI is InChI=1S/C23H26N2O2/c1-4-5-12-25(23(27)20-9-7-6-8-17(20)3)15-19-14-18-13-16(2)10-11-21(18)24-22(19)26/h6-11,13-14H,4-5,12,15H2,1-3H3,(H,24,26). The molecule has 0 atom stereocenters. The molecule has 0 bridgehead atoms. The Morgan fingerprint density at radius 1 is 1.07 bits per heavy atom. The molecule has 3 rings (SSSR count). The summed E-state index contributed by atoms with van der Waals surface area (Å²) in [6, 6.07) is 15.5. The number of hydrogen-bond acceptors (Lipinski definition) is 2. The lowest BCUT2D eigenvalue weighted by molar-refractivity contribution is 0.0739. The monoisotopic (exact) mass is 362 g/mol. The van der Waals surface area contributed by atoms with Gasteiger partial charge in [0.2, 0.25) is 0 Å². The molecular weight excluding hydrogens is 336 g/mol. The van der Waals surface area contributed by atoms with Gasteiger partial charge in [-0.25, -0.2) is 0 Å². The summed E-state index contributed by atoms with van der Waals surface area (Å²) < 4.78 is 0. The first-order valence-corrected chi connectivity index (χ1v) is 9.47. The minimum Gasteiger partial charge on any atom is -0.334 e. The van der Waals surface area contributed by atoms with Crippen LogP contribution in [0.5, 0.6) is 0 Å². The van der Waals surface area contributed by atoms with Crippen molar-refractivity contribution in [2.75, 3.05) is 6.54 Å². The molecule has 3 aromatic rings. The highest BCUT2D eigenvalue weighted by atomic mass is 16.2. The fraction of sp³-hybridized carbons (Fsp3) is 0.304. The van der Waals surface area contributed by atoms with Crippen molar-refractivity contribution in [2.45, 2.75) is 40.2 Å². The minimum absolute atomic E-state index is 0.0229. The third-order valence-electron chi connectivity index (χ3n) is 4.88. The Hall–Kier alpha value is -2.88. The summed E-state index contributed by atoms with van der Waals surface area (Å²) in [5, 5.41) is 0.989. The number of carbonyl (C=O) groups excluding carboxylic acids is 1. The predicted molar refractivity (Wildman–Crippen MR) is 110 cm³/mol. The number of benzene rings is 2. The summed E-state index contributed by atoms with van der Waals surface area (Å²) in [6.45, 7) is 7.01. The number of amides is 1. The predicted octanol–water partition coefficient (Wildman–Crippen LogP) is 4.59. The fourth-order valence-electron chi connectivity index (χ4n) is 3.28. The van der Waals surface area contributed by atoms with Crippen molar-refractivity contribution in [2.24, 2.45) is 0 Å². The van der Waals surface area contributed by atoms with Gasteiger partial charge in [-0.2, -0.15) is 0 Å². The highest BCUT2D eigenvalue weighted by Gasteiger charge is 2.19. The van der Waals surface area contributed by atoms with Crippen LogP contribution in [0, 0.1) is 13.8 Å². The highest BCUT2D eigenvalue weighted by molar-refractivity contribution is 5.95. The Balaban J connectivity index is 1.96. The van der Waals surface area contributed by atoms with Gasteiger partial charge in [0.15, 0.2) is 0 Å². The van der Waals surface area contributed by atoms with Crippen LogP contribution in [0.15, 0.2) is 53.3 Å². The van der Waals surface area contributed by atoms with Crippen LogP contribution >= 0.6 is 0 Å². The lowest BCUT2D eigenvalue weighted by Gasteiger charge is -2.23. The largest absolute Gasteiger partial charge is 0.334 e. The molecule has 4 heteroatoms.